The van der Waals surface area contributed by atoms with Gasteiger partial charge in [0.05, 0.1) is 11.4 Å². The number of aromatic nitrogens is 2. The summed E-state index contributed by atoms with van der Waals surface area (Å²) in [5.41, 5.74) is 4.78. The fourth-order valence-electron chi connectivity index (χ4n) is 3.63. The van der Waals surface area contributed by atoms with E-state index in [0.717, 1.165) is 61.7 Å². The third-order valence-electron chi connectivity index (χ3n) is 5.13. The van der Waals surface area contributed by atoms with Gasteiger partial charge < -0.3 is 4.90 Å². The number of carbonyl (C=O) groups is 1. The Kier molecular flexibility index (Phi) is 5.21. The molecule has 3 heterocycles. The minimum absolute atomic E-state index is 0.253. The largest absolute Gasteiger partial charge is 0.343 e. The predicted octanol–water partition coefficient (Wildman–Crippen LogP) is 3.45. The van der Waals surface area contributed by atoms with E-state index in [4.69, 9.17) is 4.98 Å². The van der Waals surface area contributed by atoms with Crippen molar-refractivity contribution in [3.8, 4) is 11.3 Å². The van der Waals surface area contributed by atoms with Gasteiger partial charge in [0.1, 0.15) is 11.5 Å². The number of benzene rings is 1. The third kappa shape index (κ3) is 3.68. The number of pyridine rings is 1. The van der Waals surface area contributed by atoms with Crippen molar-refractivity contribution in [2.24, 2.45) is 0 Å². The molecule has 0 radical (unpaired) electrons. The molecular formula is C22H23FN4O. The fourth-order valence-corrected chi connectivity index (χ4v) is 3.63. The van der Waals surface area contributed by atoms with Gasteiger partial charge in [-0.05, 0) is 55.0 Å². The second kappa shape index (κ2) is 7.94. The van der Waals surface area contributed by atoms with Crippen LogP contribution in [0.2, 0.25) is 0 Å². The SMILES string of the molecule is C/C=C/c1c(-c2ccc(F)cc2)nc2cc(CN3CCN(C=O)CC3)ccn12. The van der Waals surface area contributed by atoms with Crippen LogP contribution in [-0.4, -0.2) is 51.8 Å². The van der Waals surface area contributed by atoms with Crippen LogP contribution in [-0.2, 0) is 11.3 Å². The molecule has 1 saturated heterocycles. The van der Waals surface area contributed by atoms with Crippen molar-refractivity contribution >= 4 is 18.1 Å². The van der Waals surface area contributed by atoms with Crippen LogP contribution in [0.15, 0.2) is 48.7 Å². The van der Waals surface area contributed by atoms with Gasteiger partial charge in [-0.15, -0.1) is 0 Å². The van der Waals surface area contributed by atoms with Gasteiger partial charge in [-0.25, -0.2) is 9.37 Å². The average molecular weight is 378 g/mol. The van der Waals surface area contributed by atoms with Crippen LogP contribution in [0.5, 0.6) is 0 Å². The van der Waals surface area contributed by atoms with Gasteiger partial charge in [-0.3, -0.25) is 14.1 Å². The van der Waals surface area contributed by atoms with Crippen molar-refractivity contribution < 1.29 is 9.18 Å². The normalized spacial score (nSPS) is 15.6. The lowest BCUT2D eigenvalue weighted by atomic mass is 10.1. The summed E-state index contributed by atoms with van der Waals surface area (Å²) < 4.78 is 15.4. The van der Waals surface area contributed by atoms with Crippen LogP contribution in [0.3, 0.4) is 0 Å². The van der Waals surface area contributed by atoms with Gasteiger partial charge in [-0.1, -0.05) is 6.08 Å². The topological polar surface area (TPSA) is 40.9 Å². The van der Waals surface area contributed by atoms with E-state index in [1.54, 1.807) is 12.1 Å². The molecule has 3 aromatic rings. The van der Waals surface area contributed by atoms with E-state index in [1.165, 1.54) is 17.7 Å². The van der Waals surface area contributed by atoms with Gasteiger partial charge in [0, 0.05) is 44.5 Å². The van der Waals surface area contributed by atoms with E-state index in [1.807, 2.05) is 30.2 Å². The summed E-state index contributed by atoms with van der Waals surface area (Å²) in [6.45, 7) is 6.11. The Morgan fingerprint density at radius 2 is 1.86 bits per heavy atom. The maximum atomic E-state index is 13.3. The first-order chi connectivity index (χ1) is 13.7. The van der Waals surface area contributed by atoms with Crippen LogP contribution in [0.4, 0.5) is 4.39 Å². The molecule has 1 aliphatic heterocycles. The second-order valence-corrected chi connectivity index (χ2v) is 7.03. The molecule has 1 aromatic carbocycles. The number of nitrogens with zero attached hydrogens (tertiary/aromatic N) is 4. The molecule has 2 aromatic heterocycles. The van der Waals surface area contributed by atoms with Gasteiger partial charge >= 0.3 is 0 Å². The maximum Gasteiger partial charge on any atom is 0.209 e. The highest BCUT2D eigenvalue weighted by Crippen LogP contribution is 2.26. The van der Waals surface area contributed by atoms with Crippen LogP contribution >= 0.6 is 0 Å². The predicted molar refractivity (Wildman–Crippen MR) is 108 cm³/mol. The number of hydrogen-bond donors (Lipinski definition) is 0. The Morgan fingerprint density at radius 3 is 2.54 bits per heavy atom. The fraction of sp³-hybridized carbons (Fsp3) is 0.273. The Bertz CT molecular complexity index is 1000. The lowest BCUT2D eigenvalue weighted by Crippen LogP contribution is -2.45. The Labute approximate surface area is 163 Å². The number of halogens is 1. The quantitative estimate of drug-likeness (QED) is 0.639. The zero-order chi connectivity index (χ0) is 19.5. The molecule has 6 heteroatoms. The number of amides is 1. The van der Waals surface area contributed by atoms with Crippen LogP contribution in [0.25, 0.3) is 23.0 Å². The van der Waals surface area contributed by atoms with Crippen LogP contribution in [0.1, 0.15) is 18.2 Å². The van der Waals surface area contributed by atoms with E-state index in [-0.39, 0.29) is 5.82 Å². The molecule has 1 aliphatic rings. The summed E-state index contributed by atoms with van der Waals surface area (Å²) in [4.78, 5) is 19.9. The van der Waals surface area contributed by atoms with E-state index in [9.17, 15) is 9.18 Å². The smallest absolute Gasteiger partial charge is 0.209 e. The van der Waals surface area contributed by atoms with Crippen molar-refractivity contribution in [1.82, 2.24) is 19.2 Å². The maximum absolute atomic E-state index is 13.3. The molecule has 144 valence electrons. The molecule has 1 amide bonds. The molecule has 4 rings (SSSR count). The van der Waals surface area contributed by atoms with E-state index < -0.39 is 0 Å². The number of fused-ring (bicyclic) bond motifs is 1. The Hall–Kier alpha value is -2.99. The van der Waals surface area contributed by atoms with Crippen LogP contribution in [0, 0.1) is 5.82 Å². The van der Waals surface area contributed by atoms with E-state index in [0.29, 0.717) is 0 Å². The van der Waals surface area contributed by atoms with Crippen molar-refractivity contribution in [3.63, 3.8) is 0 Å². The zero-order valence-corrected chi connectivity index (χ0v) is 15.9. The molecule has 5 nitrogen and oxygen atoms in total. The first-order valence-corrected chi connectivity index (χ1v) is 9.49. The second-order valence-electron chi connectivity index (χ2n) is 7.03. The molecule has 0 saturated carbocycles. The first kappa shape index (κ1) is 18.4. The van der Waals surface area contributed by atoms with Gasteiger partial charge in [0.15, 0.2) is 0 Å². The Balaban J connectivity index is 1.64. The molecule has 0 spiro atoms. The summed E-state index contributed by atoms with van der Waals surface area (Å²) >= 11 is 0. The molecule has 0 atom stereocenters. The summed E-state index contributed by atoms with van der Waals surface area (Å²) in [6, 6.07) is 10.7. The highest BCUT2D eigenvalue weighted by Gasteiger charge is 2.17. The molecular weight excluding hydrogens is 355 g/mol. The number of piperazine rings is 1. The lowest BCUT2D eigenvalue weighted by molar-refractivity contribution is -0.119. The Morgan fingerprint density at radius 1 is 1.11 bits per heavy atom. The number of hydrogen-bond acceptors (Lipinski definition) is 3. The molecule has 0 unspecified atom stereocenters. The van der Waals surface area contributed by atoms with Crippen molar-refractivity contribution in [1.29, 1.82) is 0 Å². The standard InChI is InChI=1S/C22H23FN4O/c1-2-3-20-22(18-4-6-19(23)7-5-18)24-21-14-17(8-9-27(20)21)15-25-10-12-26(16-28)13-11-25/h2-9,14,16H,10-13,15H2,1H3/b3-2+. The third-order valence-corrected chi connectivity index (χ3v) is 5.13. The summed E-state index contributed by atoms with van der Waals surface area (Å²) in [5.74, 6) is -0.253. The average Bonchev–Trinajstić information content (AvgIpc) is 3.07. The summed E-state index contributed by atoms with van der Waals surface area (Å²) in [7, 11) is 0. The highest BCUT2D eigenvalue weighted by molar-refractivity contribution is 5.74. The monoisotopic (exact) mass is 378 g/mol. The van der Waals surface area contributed by atoms with Gasteiger partial charge in [0.25, 0.3) is 0 Å². The molecule has 0 bridgehead atoms. The molecule has 0 aliphatic carbocycles. The zero-order valence-electron chi connectivity index (χ0n) is 15.9. The lowest BCUT2D eigenvalue weighted by Gasteiger charge is -2.32. The van der Waals surface area contributed by atoms with Crippen molar-refractivity contribution in [2.45, 2.75) is 13.5 Å². The summed E-state index contributed by atoms with van der Waals surface area (Å²) in [6.07, 6.45) is 6.98. The highest BCUT2D eigenvalue weighted by atomic mass is 19.1. The van der Waals surface area contributed by atoms with Gasteiger partial charge in [0.2, 0.25) is 6.41 Å². The molecule has 28 heavy (non-hydrogen) atoms. The van der Waals surface area contributed by atoms with E-state index in [2.05, 4.69) is 21.4 Å². The minimum Gasteiger partial charge on any atom is -0.343 e. The molecule has 0 N–H and O–H groups in total. The minimum atomic E-state index is -0.253. The summed E-state index contributed by atoms with van der Waals surface area (Å²) in [5, 5.41) is 0. The van der Waals surface area contributed by atoms with Gasteiger partial charge in [-0.2, -0.15) is 0 Å². The number of allylic oxidation sites excluding steroid dienone is 1. The van der Waals surface area contributed by atoms with Crippen molar-refractivity contribution in [2.75, 3.05) is 26.2 Å². The number of carbonyl (C=O) groups excluding carboxylic acids is 1. The van der Waals surface area contributed by atoms with E-state index >= 15 is 0 Å². The number of rotatable bonds is 5. The van der Waals surface area contributed by atoms with Crippen molar-refractivity contribution in [3.05, 3.63) is 65.7 Å². The van der Waals surface area contributed by atoms with Crippen LogP contribution < -0.4 is 0 Å². The first-order valence-electron chi connectivity index (χ1n) is 9.49. The number of imidazole rings is 1. The molecule has 1 fully saturated rings.